The summed E-state index contributed by atoms with van der Waals surface area (Å²) in [6.45, 7) is 5.89. The Morgan fingerprint density at radius 2 is 1.71 bits per heavy atom. The monoisotopic (exact) mass is 475 g/mol. The number of carboxylic acids is 1. The van der Waals surface area contributed by atoms with Crippen LogP contribution in [0.2, 0.25) is 0 Å². The number of aromatic nitrogens is 2. The molecule has 178 valence electrons. The van der Waals surface area contributed by atoms with Gasteiger partial charge in [-0.15, -0.1) is 0 Å². The summed E-state index contributed by atoms with van der Waals surface area (Å²) < 4.78 is 28.0. The van der Waals surface area contributed by atoms with Crippen molar-refractivity contribution in [3.05, 3.63) is 94.3 Å². The van der Waals surface area contributed by atoms with Gasteiger partial charge in [0.05, 0.1) is 11.2 Å². The molecule has 2 heterocycles. The zero-order valence-corrected chi connectivity index (χ0v) is 19.4. The number of aliphatic carboxylic acids is 1. The van der Waals surface area contributed by atoms with Gasteiger partial charge in [0.25, 0.3) is 5.91 Å². The first-order valence-corrected chi connectivity index (χ1v) is 11.0. The van der Waals surface area contributed by atoms with E-state index in [1.807, 2.05) is 32.9 Å². The van der Waals surface area contributed by atoms with Crippen LogP contribution >= 0.6 is 0 Å². The number of carbonyl (C=O) groups is 2. The van der Waals surface area contributed by atoms with Crippen molar-refractivity contribution in [3.63, 3.8) is 0 Å². The molecule has 4 aromatic rings. The molecule has 4 rings (SSSR count). The highest BCUT2D eigenvalue weighted by Crippen LogP contribution is 2.31. The van der Waals surface area contributed by atoms with Crippen LogP contribution in [0.4, 0.5) is 8.78 Å². The highest BCUT2D eigenvalue weighted by Gasteiger charge is 2.26. The number of carbonyl (C=O) groups excluding carboxylic acids is 1. The Kier molecular flexibility index (Phi) is 6.55. The molecular formula is C27H23F2N3O3. The van der Waals surface area contributed by atoms with E-state index >= 15 is 0 Å². The van der Waals surface area contributed by atoms with Crippen molar-refractivity contribution in [2.24, 2.45) is 0 Å². The van der Waals surface area contributed by atoms with Crippen LogP contribution in [0.25, 0.3) is 22.2 Å². The molecule has 2 N–H and O–H groups in total. The Morgan fingerprint density at radius 1 is 1.00 bits per heavy atom. The van der Waals surface area contributed by atoms with Gasteiger partial charge in [-0.25, -0.2) is 13.6 Å². The normalized spacial score (nSPS) is 11.9. The zero-order valence-electron chi connectivity index (χ0n) is 19.4. The molecular weight excluding hydrogens is 452 g/mol. The molecule has 0 aliphatic heterocycles. The third kappa shape index (κ3) is 4.73. The lowest BCUT2D eigenvalue weighted by atomic mass is 9.95. The lowest BCUT2D eigenvalue weighted by Gasteiger charge is -2.18. The summed E-state index contributed by atoms with van der Waals surface area (Å²) in [6, 6.07) is 10.8. The second-order valence-corrected chi connectivity index (χ2v) is 8.39. The minimum Gasteiger partial charge on any atom is -0.480 e. The van der Waals surface area contributed by atoms with E-state index in [9.17, 15) is 23.5 Å². The van der Waals surface area contributed by atoms with Crippen molar-refractivity contribution in [2.75, 3.05) is 0 Å². The standard InChI is InChI=1S/C27H23F2N3O3/c1-14-12-15(2)24(31-16(14)3)19-10-9-17(18-6-5-11-30-25(18)19)13-22(27(34)35)32-26(33)23-20(28)7-4-8-21(23)29/h4-12,22H,13H2,1-3H3,(H,32,33)(H,34,35)/t22-/m0/s1. The van der Waals surface area contributed by atoms with Crippen LogP contribution in [0.15, 0.2) is 54.7 Å². The molecule has 0 bridgehead atoms. The van der Waals surface area contributed by atoms with Gasteiger partial charge in [-0.3, -0.25) is 14.8 Å². The van der Waals surface area contributed by atoms with Crippen molar-refractivity contribution >= 4 is 22.8 Å². The summed E-state index contributed by atoms with van der Waals surface area (Å²) in [6.07, 6.45) is 1.53. The Balaban J connectivity index is 1.72. The molecule has 0 aliphatic carbocycles. The number of nitrogens with zero attached hydrogens (tertiary/aromatic N) is 2. The first-order valence-electron chi connectivity index (χ1n) is 11.0. The van der Waals surface area contributed by atoms with Crippen molar-refractivity contribution < 1.29 is 23.5 Å². The van der Waals surface area contributed by atoms with E-state index in [2.05, 4.69) is 16.4 Å². The molecule has 0 unspecified atom stereocenters. The Bertz CT molecular complexity index is 1450. The molecule has 1 atom stereocenters. The average molecular weight is 475 g/mol. The first kappa shape index (κ1) is 23.9. The Morgan fingerprint density at radius 3 is 2.40 bits per heavy atom. The summed E-state index contributed by atoms with van der Waals surface area (Å²) >= 11 is 0. The first-order chi connectivity index (χ1) is 16.7. The molecule has 6 nitrogen and oxygen atoms in total. The number of carboxylic acid groups (broad SMARTS) is 1. The summed E-state index contributed by atoms with van der Waals surface area (Å²) in [5.74, 6) is -4.60. The molecule has 0 aliphatic rings. The van der Waals surface area contributed by atoms with E-state index in [0.29, 0.717) is 16.5 Å². The van der Waals surface area contributed by atoms with Gasteiger partial charge in [-0.05, 0) is 55.7 Å². The van der Waals surface area contributed by atoms with Crippen molar-refractivity contribution in [2.45, 2.75) is 33.2 Å². The minimum absolute atomic E-state index is 0.112. The SMILES string of the molecule is Cc1cc(C)c(-c2ccc(C[C@H](NC(=O)c3c(F)cccc3F)C(=O)O)c3cccnc23)nc1C. The second kappa shape index (κ2) is 9.58. The number of amides is 1. The zero-order chi connectivity index (χ0) is 25.3. The van der Waals surface area contributed by atoms with Crippen molar-refractivity contribution in [1.82, 2.24) is 15.3 Å². The number of rotatable bonds is 6. The smallest absolute Gasteiger partial charge is 0.326 e. The maximum absolute atomic E-state index is 14.0. The van der Waals surface area contributed by atoms with Gasteiger partial charge in [0.15, 0.2) is 0 Å². The van der Waals surface area contributed by atoms with Crippen LogP contribution in [0, 0.1) is 32.4 Å². The fourth-order valence-corrected chi connectivity index (χ4v) is 4.08. The van der Waals surface area contributed by atoms with Crippen LogP contribution in [0.1, 0.15) is 32.7 Å². The van der Waals surface area contributed by atoms with Crippen LogP contribution in [0.3, 0.4) is 0 Å². The molecule has 0 saturated carbocycles. The fraction of sp³-hybridized carbons (Fsp3) is 0.185. The summed E-state index contributed by atoms with van der Waals surface area (Å²) in [5, 5.41) is 12.7. The Hall–Kier alpha value is -4.20. The van der Waals surface area contributed by atoms with Gasteiger partial charge in [0, 0.05) is 29.3 Å². The maximum atomic E-state index is 14.0. The number of benzene rings is 2. The van der Waals surface area contributed by atoms with E-state index in [4.69, 9.17) is 4.98 Å². The largest absolute Gasteiger partial charge is 0.480 e. The van der Waals surface area contributed by atoms with Crippen LogP contribution in [-0.4, -0.2) is 33.0 Å². The van der Waals surface area contributed by atoms with Gasteiger partial charge in [-0.2, -0.15) is 0 Å². The van der Waals surface area contributed by atoms with Gasteiger partial charge >= 0.3 is 5.97 Å². The van der Waals surface area contributed by atoms with Gasteiger partial charge in [0.2, 0.25) is 0 Å². The van der Waals surface area contributed by atoms with E-state index in [0.717, 1.165) is 46.3 Å². The van der Waals surface area contributed by atoms with E-state index in [-0.39, 0.29) is 6.42 Å². The molecule has 2 aromatic carbocycles. The van der Waals surface area contributed by atoms with Crippen molar-refractivity contribution in [1.29, 1.82) is 0 Å². The number of hydrogen-bond donors (Lipinski definition) is 2. The van der Waals surface area contributed by atoms with E-state index in [1.54, 1.807) is 18.3 Å². The third-order valence-corrected chi connectivity index (χ3v) is 5.99. The maximum Gasteiger partial charge on any atom is 0.326 e. The van der Waals surface area contributed by atoms with E-state index in [1.165, 1.54) is 0 Å². The van der Waals surface area contributed by atoms with Crippen LogP contribution < -0.4 is 5.32 Å². The van der Waals surface area contributed by atoms with Gasteiger partial charge < -0.3 is 10.4 Å². The number of nitrogens with one attached hydrogen (secondary N) is 1. The minimum atomic E-state index is -1.42. The van der Waals surface area contributed by atoms with Gasteiger partial charge in [0.1, 0.15) is 23.2 Å². The molecule has 0 spiro atoms. The number of halogens is 2. The summed E-state index contributed by atoms with van der Waals surface area (Å²) in [5.41, 5.74) is 4.96. The quantitative estimate of drug-likeness (QED) is 0.413. The molecule has 35 heavy (non-hydrogen) atoms. The second-order valence-electron chi connectivity index (χ2n) is 8.39. The molecule has 0 radical (unpaired) electrons. The number of pyridine rings is 2. The Labute approximate surface area is 200 Å². The predicted molar refractivity (Wildman–Crippen MR) is 128 cm³/mol. The highest BCUT2D eigenvalue weighted by molar-refractivity contribution is 5.98. The lowest BCUT2D eigenvalue weighted by Crippen LogP contribution is -2.43. The molecule has 8 heteroatoms. The number of fused-ring (bicyclic) bond motifs is 1. The fourth-order valence-electron chi connectivity index (χ4n) is 4.08. The van der Waals surface area contributed by atoms with E-state index < -0.39 is 35.1 Å². The predicted octanol–water partition coefficient (Wildman–Crippen LogP) is 4.93. The number of aryl methyl sites for hydroxylation is 3. The van der Waals surface area contributed by atoms with Crippen molar-refractivity contribution in [3.8, 4) is 11.3 Å². The molecule has 2 aromatic heterocycles. The molecule has 0 fully saturated rings. The lowest BCUT2D eigenvalue weighted by molar-refractivity contribution is -0.139. The van der Waals surface area contributed by atoms with Crippen LogP contribution in [0.5, 0.6) is 0 Å². The summed E-state index contributed by atoms with van der Waals surface area (Å²) in [7, 11) is 0. The number of hydrogen-bond acceptors (Lipinski definition) is 4. The molecule has 0 saturated heterocycles. The third-order valence-electron chi connectivity index (χ3n) is 5.99. The highest BCUT2D eigenvalue weighted by atomic mass is 19.1. The topological polar surface area (TPSA) is 92.2 Å². The van der Waals surface area contributed by atoms with Crippen LogP contribution in [-0.2, 0) is 11.2 Å². The van der Waals surface area contributed by atoms with Gasteiger partial charge in [-0.1, -0.05) is 30.3 Å². The molecule has 1 amide bonds. The summed E-state index contributed by atoms with van der Waals surface area (Å²) in [4.78, 5) is 33.7. The average Bonchev–Trinajstić information content (AvgIpc) is 2.81.